The minimum Gasteiger partial charge on any atom is -0.456 e. The maximum Gasteiger partial charge on any atom is 0.136 e. The minimum atomic E-state index is 1.01. The maximum atomic E-state index is 6.20. The van der Waals surface area contributed by atoms with Gasteiger partial charge in [0.2, 0.25) is 0 Å². The molecule has 0 spiro atoms. The van der Waals surface area contributed by atoms with Gasteiger partial charge in [-0.3, -0.25) is 0 Å². The van der Waals surface area contributed by atoms with Gasteiger partial charge in [0.25, 0.3) is 0 Å². The molecular weight excluding hydrogens is 294 g/mol. The normalized spacial score (nSPS) is 15.7. The molecule has 2 heterocycles. The summed E-state index contributed by atoms with van der Waals surface area (Å²) in [5.74, 6) is 0. The zero-order valence-corrected chi connectivity index (χ0v) is 13.2. The Morgan fingerprint density at radius 2 is 1.08 bits per heavy atom. The first-order valence-electron chi connectivity index (χ1n) is 8.79. The highest BCUT2D eigenvalue weighted by Gasteiger charge is 2.19. The quantitative estimate of drug-likeness (QED) is 0.407. The molecule has 0 saturated carbocycles. The molecule has 2 heteroatoms. The summed E-state index contributed by atoms with van der Waals surface area (Å²) in [6, 6.07) is 13.8. The smallest absolute Gasteiger partial charge is 0.136 e. The van der Waals surface area contributed by atoms with E-state index in [0.717, 1.165) is 11.2 Å². The Balaban J connectivity index is 1.64. The number of aromatic nitrogens is 1. The van der Waals surface area contributed by atoms with Gasteiger partial charge in [-0.05, 0) is 84.3 Å². The summed E-state index contributed by atoms with van der Waals surface area (Å²) >= 11 is 0. The summed E-state index contributed by atoms with van der Waals surface area (Å²) in [6.45, 7) is 0. The SMILES string of the molecule is c1c2c(cc3c1[nH]c1cc4c(cc13)oc1cc3c(cc14)CC3)CC2. The summed E-state index contributed by atoms with van der Waals surface area (Å²) < 4.78 is 6.20. The first-order valence-corrected chi connectivity index (χ1v) is 8.79. The Kier molecular flexibility index (Phi) is 1.80. The third-order valence-corrected chi connectivity index (χ3v) is 6.16. The average Bonchev–Trinajstić information content (AvgIpc) is 3.05. The Hall–Kier alpha value is -2.74. The first-order chi connectivity index (χ1) is 11.8. The number of aryl methyl sites for hydroxylation is 4. The Morgan fingerprint density at radius 1 is 0.542 bits per heavy atom. The summed E-state index contributed by atoms with van der Waals surface area (Å²) in [5, 5.41) is 5.10. The topological polar surface area (TPSA) is 28.9 Å². The van der Waals surface area contributed by atoms with Crippen LogP contribution in [-0.2, 0) is 25.7 Å². The number of rotatable bonds is 0. The number of hydrogen-bond donors (Lipinski definition) is 1. The Morgan fingerprint density at radius 3 is 1.88 bits per heavy atom. The molecule has 0 saturated heterocycles. The molecular formula is C22H15NO. The lowest BCUT2D eigenvalue weighted by Crippen LogP contribution is -2.07. The molecule has 3 aromatic carbocycles. The highest BCUT2D eigenvalue weighted by molar-refractivity contribution is 6.16. The monoisotopic (exact) mass is 309 g/mol. The van der Waals surface area contributed by atoms with Crippen molar-refractivity contribution in [2.45, 2.75) is 25.7 Å². The maximum absolute atomic E-state index is 6.20. The number of hydrogen-bond acceptors (Lipinski definition) is 1. The molecule has 7 rings (SSSR count). The van der Waals surface area contributed by atoms with Crippen LogP contribution in [0.5, 0.6) is 0 Å². The highest BCUT2D eigenvalue weighted by Crippen LogP contribution is 2.39. The Labute approximate surface area is 138 Å². The van der Waals surface area contributed by atoms with Gasteiger partial charge < -0.3 is 9.40 Å². The lowest BCUT2D eigenvalue weighted by Gasteiger charge is -2.18. The van der Waals surface area contributed by atoms with E-state index in [-0.39, 0.29) is 0 Å². The summed E-state index contributed by atoms with van der Waals surface area (Å²) in [7, 11) is 0. The third-order valence-electron chi connectivity index (χ3n) is 6.16. The molecule has 2 nitrogen and oxygen atoms in total. The van der Waals surface area contributed by atoms with Gasteiger partial charge in [-0.2, -0.15) is 0 Å². The van der Waals surface area contributed by atoms with Crippen LogP contribution in [0.25, 0.3) is 43.7 Å². The van der Waals surface area contributed by atoms with Gasteiger partial charge in [0, 0.05) is 32.6 Å². The fraction of sp³-hybridized carbons (Fsp3) is 0.182. The fourth-order valence-corrected chi connectivity index (χ4v) is 4.56. The van der Waals surface area contributed by atoms with Gasteiger partial charge in [-0.25, -0.2) is 0 Å². The van der Waals surface area contributed by atoms with Gasteiger partial charge in [0.1, 0.15) is 11.2 Å². The molecule has 2 aliphatic carbocycles. The predicted octanol–water partition coefficient (Wildman–Crippen LogP) is 5.42. The first kappa shape index (κ1) is 11.7. The van der Waals surface area contributed by atoms with Crippen molar-refractivity contribution in [3.63, 3.8) is 0 Å². The van der Waals surface area contributed by atoms with E-state index in [2.05, 4.69) is 41.4 Å². The second-order valence-corrected chi connectivity index (χ2v) is 7.40. The fourth-order valence-electron chi connectivity index (χ4n) is 4.56. The highest BCUT2D eigenvalue weighted by atomic mass is 16.3. The van der Waals surface area contributed by atoms with Crippen molar-refractivity contribution in [1.29, 1.82) is 0 Å². The molecule has 2 aliphatic rings. The second kappa shape index (κ2) is 3.67. The summed E-state index contributed by atoms with van der Waals surface area (Å²) in [5.41, 5.74) is 10.5. The number of fused-ring (bicyclic) bond motifs is 8. The van der Waals surface area contributed by atoms with Crippen LogP contribution in [0, 0.1) is 0 Å². The number of furan rings is 1. The van der Waals surface area contributed by atoms with Crippen molar-refractivity contribution in [1.82, 2.24) is 4.98 Å². The van der Waals surface area contributed by atoms with E-state index >= 15 is 0 Å². The molecule has 2 aromatic heterocycles. The molecule has 0 bridgehead atoms. The largest absolute Gasteiger partial charge is 0.456 e. The van der Waals surface area contributed by atoms with E-state index in [9.17, 15) is 0 Å². The van der Waals surface area contributed by atoms with Crippen LogP contribution >= 0.6 is 0 Å². The predicted molar refractivity (Wildman–Crippen MR) is 97.9 cm³/mol. The molecule has 0 atom stereocenters. The Bertz CT molecular complexity index is 1240. The second-order valence-electron chi connectivity index (χ2n) is 7.40. The van der Waals surface area contributed by atoms with Crippen molar-refractivity contribution in [2.75, 3.05) is 0 Å². The van der Waals surface area contributed by atoms with E-state index in [4.69, 9.17) is 4.42 Å². The van der Waals surface area contributed by atoms with Crippen LogP contribution in [0.1, 0.15) is 22.3 Å². The molecule has 24 heavy (non-hydrogen) atoms. The van der Waals surface area contributed by atoms with E-state index in [0.29, 0.717) is 0 Å². The van der Waals surface area contributed by atoms with Crippen LogP contribution in [0.15, 0.2) is 40.8 Å². The molecule has 0 fully saturated rings. The molecule has 5 aromatic rings. The standard InChI is InChI=1S/C22H15NO/c1-3-13-7-19-15(5-11(1)13)16-10-22-18(9-20(16)23-19)17-6-12-2-4-14(12)8-21(17)24-22/h5-10,23H,1-4H2. The summed E-state index contributed by atoms with van der Waals surface area (Å²) in [4.78, 5) is 3.62. The average molecular weight is 309 g/mol. The van der Waals surface area contributed by atoms with Crippen molar-refractivity contribution < 1.29 is 4.42 Å². The lowest BCUT2D eigenvalue weighted by molar-refractivity contribution is 0.666. The van der Waals surface area contributed by atoms with E-state index in [1.54, 1.807) is 0 Å². The van der Waals surface area contributed by atoms with E-state index in [1.807, 2.05) is 0 Å². The lowest BCUT2D eigenvalue weighted by atomic mass is 9.87. The van der Waals surface area contributed by atoms with Crippen molar-refractivity contribution in [3.05, 3.63) is 58.7 Å². The minimum absolute atomic E-state index is 1.01. The molecule has 0 amide bonds. The van der Waals surface area contributed by atoms with Gasteiger partial charge in [0.15, 0.2) is 0 Å². The van der Waals surface area contributed by atoms with E-state index < -0.39 is 0 Å². The van der Waals surface area contributed by atoms with E-state index in [1.165, 1.54) is 80.5 Å². The van der Waals surface area contributed by atoms with Crippen LogP contribution in [0.4, 0.5) is 0 Å². The molecule has 1 N–H and O–H groups in total. The zero-order valence-electron chi connectivity index (χ0n) is 13.2. The van der Waals surface area contributed by atoms with Crippen LogP contribution in [0.2, 0.25) is 0 Å². The third kappa shape index (κ3) is 1.26. The zero-order chi connectivity index (χ0) is 15.4. The molecule has 0 unspecified atom stereocenters. The van der Waals surface area contributed by atoms with Gasteiger partial charge in [-0.15, -0.1) is 0 Å². The number of aromatic amines is 1. The van der Waals surface area contributed by atoms with Crippen molar-refractivity contribution in [2.24, 2.45) is 0 Å². The molecule has 0 radical (unpaired) electrons. The number of H-pyrrole nitrogens is 1. The summed E-state index contributed by atoms with van der Waals surface area (Å²) in [6.07, 6.45) is 4.84. The van der Waals surface area contributed by atoms with Gasteiger partial charge in [0.05, 0.1) is 0 Å². The van der Waals surface area contributed by atoms with Crippen molar-refractivity contribution in [3.8, 4) is 0 Å². The van der Waals surface area contributed by atoms with Crippen LogP contribution < -0.4 is 0 Å². The van der Waals surface area contributed by atoms with Crippen LogP contribution in [-0.4, -0.2) is 4.98 Å². The molecule has 114 valence electrons. The van der Waals surface area contributed by atoms with Crippen LogP contribution in [0.3, 0.4) is 0 Å². The number of nitrogens with one attached hydrogen (secondary N) is 1. The van der Waals surface area contributed by atoms with Gasteiger partial charge >= 0.3 is 0 Å². The molecule has 0 aliphatic heterocycles. The van der Waals surface area contributed by atoms with Gasteiger partial charge in [-0.1, -0.05) is 0 Å². The van der Waals surface area contributed by atoms with Crippen molar-refractivity contribution >= 4 is 43.7 Å². The number of benzene rings is 3.